The van der Waals surface area contributed by atoms with Crippen LogP contribution in [0.1, 0.15) is 24.5 Å². The number of furan rings is 1. The quantitative estimate of drug-likeness (QED) is 0.534. The molecular formula is C24H18N2O3. The van der Waals surface area contributed by atoms with Gasteiger partial charge in [0.1, 0.15) is 11.3 Å². The molecule has 5 heteroatoms. The first-order chi connectivity index (χ1) is 14.0. The lowest BCUT2D eigenvalue weighted by Gasteiger charge is -2.12. The van der Waals surface area contributed by atoms with Crippen LogP contribution in [0.4, 0.5) is 5.69 Å². The molecule has 1 fully saturated rings. The zero-order valence-electron chi connectivity index (χ0n) is 15.9. The monoisotopic (exact) mass is 382 g/mol. The van der Waals surface area contributed by atoms with Crippen LogP contribution in [0.15, 0.2) is 57.9 Å². The van der Waals surface area contributed by atoms with E-state index in [9.17, 15) is 9.59 Å². The summed E-state index contributed by atoms with van der Waals surface area (Å²) in [6.07, 6.45) is 9.28. The van der Waals surface area contributed by atoms with E-state index in [0.29, 0.717) is 17.0 Å². The van der Waals surface area contributed by atoms with Crippen molar-refractivity contribution < 1.29 is 9.21 Å². The Labute approximate surface area is 166 Å². The summed E-state index contributed by atoms with van der Waals surface area (Å²) in [5.41, 5.74) is 2.95. The number of benzene rings is 2. The van der Waals surface area contributed by atoms with Crippen LogP contribution in [-0.4, -0.2) is 10.5 Å². The summed E-state index contributed by atoms with van der Waals surface area (Å²) < 4.78 is 7.81. The predicted molar refractivity (Wildman–Crippen MR) is 114 cm³/mol. The molecule has 142 valence electrons. The Morgan fingerprint density at radius 3 is 2.66 bits per heavy atom. The molecule has 0 bridgehead atoms. The molecule has 0 spiro atoms. The van der Waals surface area contributed by atoms with Crippen molar-refractivity contribution in [1.82, 2.24) is 4.57 Å². The van der Waals surface area contributed by atoms with Gasteiger partial charge in [-0.1, -0.05) is 18.2 Å². The summed E-state index contributed by atoms with van der Waals surface area (Å²) in [5, 5.41) is 5.10. The molecule has 29 heavy (non-hydrogen) atoms. The fourth-order valence-corrected chi connectivity index (χ4v) is 3.81. The summed E-state index contributed by atoms with van der Waals surface area (Å²) in [5.74, 6) is 2.98. The molecule has 1 aliphatic rings. The Hall–Kier alpha value is -3.78. The van der Waals surface area contributed by atoms with E-state index in [1.54, 1.807) is 11.6 Å². The Morgan fingerprint density at radius 1 is 1.17 bits per heavy atom. The smallest absolute Gasteiger partial charge is 0.300 e. The lowest BCUT2D eigenvalue weighted by atomic mass is 9.98. The number of anilines is 1. The van der Waals surface area contributed by atoms with Crippen LogP contribution in [0.5, 0.6) is 0 Å². The molecule has 5 nitrogen and oxygen atoms in total. The molecule has 0 atom stereocenters. The number of carbonyl (C=O) groups excluding carboxylic acids is 1. The topological polar surface area (TPSA) is 64.2 Å². The fraction of sp³-hybridized carbons (Fsp3) is 0.167. The molecule has 0 saturated heterocycles. The van der Waals surface area contributed by atoms with Gasteiger partial charge < -0.3 is 14.3 Å². The number of hydrogen-bond donors (Lipinski definition) is 1. The van der Waals surface area contributed by atoms with Gasteiger partial charge in [-0.15, -0.1) is 6.42 Å². The maximum atomic E-state index is 12.6. The highest BCUT2D eigenvalue weighted by molar-refractivity contribution is 6.08. The molecule has 1 N–H and O–H groups in total. The van der Waals surface area contributed by atoms with Crippen LogP contribution in [0.2, 0.25) is 0 Å². The van der Waals surface area contributed by atoms with Crippen molar-refractivity contribution in [1.29, 1.82) is 0 Å². The molecule has 2 aromatic carbocycles. The summed E-state index contributed by atoms with van der Waals surface area (Å²) in [6.45, 7) is 0. The second kappa shape index (κ2) is 6.39. The molecule has 1 amide bonds. The van der Waals surface area contributed by atoms with Gasteiger partial charge >= 0.3 is 0 Å². The molecule has 2 aromatic heterocycles. The van der Waals surface area contributed by atoms with E-state index in [4.69, 9.17) is 10.8 Å². The number of rotatable bonds is 3. The van der Waals surface area contributed by atoms with E-state index in [1.807, 2.05) is 48.7 Å². The van der Waals surface area contributed by atoms with Gasteiger partial charge in [-0.05, 0) is 48.4 Å². The van der Waals surface area contributed by atoms with Gasteiger partial charge in [-0.3, -0.25) is 9.59 Å². The second-order valence-corrected chi connectivity index (χ2v) is 7.47. The Kier molecular flexibility index (Phi) is 3.82. The highest BCUT2D eigenvalue weighted by atomic mass is 16.3. The number of pyridine rings is 1. The fourth-order valence-electron chi connectivity index (χ4n) is 3.81. The van der Waals surface area contributed by atoms with Crippen molar-refractivity contribution in [3.8, 4) is 23.5 Å². The number of aryl methyl sites for hydroxylation is 1. The number of carbonyl (C=O) groups is 1. The molecule has 5 rings (SSSR count). The molecule has 1 aliphatic carbocycles. The maximum absolute atomic E-state index is 12.6. The first-order valence-corrected chi connectivity index (χ1v) is 9.49. The lowest BCUT2D eigenvalue weighted by molar-refractivity contribution is -0.111. The highest BCUT2D eigenvalue weighted by Gasteiger charge is 2.28. The third-order valence-corrected chi connectivity index (χ3v) is 5.38. The molecule has 0 radical (unpaired) electrons. The van der Waals surface area contributed by atoms with Crippen molar-refractivity contribution in [2.75, 3.05) is 5.32 Å². The molecule has 4 aromatic rings. The van der Waals surface area contributed by atoms with Crippen LogP contribution in [0.3, 0.4) is 0 Å². The number of aromatic nitrogens is 1. The third-order valence-electron chi connectivity index (χ3n) is 5.38. The van der Waals surface area contributed by atoms with Gasteiger partial charge in [0.2, 0.25) is 0 Å². The number of nitrogens with zero attached hydrogens (tertiary/aromatic N) is 1. The van der Waals surface area contributed by atoms with Crippen molar-refractivity contribution in [2.45, 2.75) is 18.8 Å². The zero-order valence-corrected chi connectivity index (χ0v) is 15.9. The number of nitrogens with one attached hydrogen (secondary N) is 1. The van der Waals surface area contributed by atoms with E-state index < -0.39 is 5.91 Å². The number of fused-ring (bicyclic) bond motifs is 2. The maximum Gasteiger partial charge on any atom is 0.300 e. The number of amides is 1. The Balaban J connectivity index is 1.83. The molecule has 2 heterocycles. The van der Waals surface area contributed by atoms with Crippen LogP contribution < -0.4 is 10.9 Å². The number of terminal acetylenes is 1. The summed E-state index contributed by atoms with van der Waals surface area (Å²) in [4.78, 5) is 24.4. The van der Waals surface area contributed by atoms with E-state index in [1.165, 1.54) is 0 Å². The summed E-state index contributed by atoms with van der Waals surface area (Å²) in [7, 11) is 1.73. The average Bonchev–Trinajstić information content (AvgIpc) is 3.49. The molecule has 0 unspecified atom stereocenters. The summed E-state index contributed by atoms with van der Waals surface area (Å²) in [6, 6.07) is 13.3. The van der Waals surface area contributed by atoms with E-state index in [2.05, 4.69) is 11.2 Å². The van der Waals surface area contributed by atoms with E-state index in [0.717, 1.165) is 46.1 Å². The molecular weight excluding hydrogens is 364 g/mol. The van der Waals surface area contributed by atoms with Crippen molar-refractivity contribution in [2.24, 2.45) is 7.05 Å². The average molecular weight is 382 g/mol. The van der Waals surface area contributed by atoms with Gasteiger partial charge in [0.15, 0.2) is 0 Å². The first kappa shape index (κ1) is 17.3. The van der Waals surface area contributed by atoms with Gasteiger partial charge in [0.25, 0.3) is 11.5 Å². The van der Waals surface area contributed by atoms with Crippen molar-refractivity contribution in [3.63, 3.8) is 0 Å². The van der Waals surface area contributed by atoms with E-state index >= 15 is 0 Å². The number of hydrogen-bond acceptors (Lipinski definition) is 3. The van der Waals surface area contributed by atoms with Gasteiger partial charge in [-0.25, -0.2) is 0 Å². The molecule has 1 saturated carbocycles. The van der Waals surface area contributed by atoms with Crippen molar-refractivity contribution in [3.05, 3.63) is 64.8 Å². The Morgan fingerprint density at radius 2 is 1.93 bits per heavy atom. The van der Waals surface area contributed by atoms with Crippen LogP contribution >= 0.6 is 0 Å². The SMILES string of the molecule is C#CC(=O)Nc1cc(-c2cn(C)c(=O)c3ccccc23)c2oc(C3CC3)cc2c1. The third kappa shape index (κ3) is 2.90. The van der Waals surface area contributed by atoms with Gasteiger partial charge in [0.05, 0.1) is 0 Å². The van der Waals surface area contributed by atoms with E-state index in [-0.39, 0.29) is 5.56 Å². The van der Waals surface area contributed by atoms with Crippen LogP contribution in [0, 0.1) is 12.3 Å². The minimum Gasteiger partial charge on any atom is -0.460 e. The van der Waals surface area contributed by atoms with Gasteiger partial charge in [-0.2, -0.15) is 0 Å². The zero-order chi connectivity index (χ0) is 20.1. The predicted octanol–water partition coefficient (Wildman–Crippen LogP) is 4.40. The van der Waals surface area contributed by atoms with Crippen LogP contribution in [0.25, 0.3) is 32.9 Å². The highest BCUT2D eigenvalue weighted by Crippen LogP contribution is 2.45. The summed E-state index contributed by atoms with van der Waals surface area (Å²) >= 11 is 0. The minimum atomic E-state index is -0.508. The minimum absolute atomic E-state index is 0.0597. The standard InChI is InChI=1S/C24H18N2O3/c1-3-22(27)25-16-10-15-11-21(14-8-9-14)29-23(15)19(12-16)20-13-26(2)24(28)18-7-5-4-6-17(18)20/h1,4-7,10-14H,8-9H2,2H3,(H,25,27). The van der Waals surface area contributed by atoms with Crippen LogP contribution in [-0.2, 0) is 11.8 Å². The van der Waals surface area contributed by atoms with Crippen molar-refractivity contribution >= 4 is 33.3 Å². The first-order valence-electron chi connectivity index (χ1n) is 9.49. The largest absolute Gasteiger partial charge is 0.460 e. The normalized spacial score (nSPS) is 13.5. The lowest BCUT2D eigenvalue weighted by Crippen LogP contribution is -2.16. The van der Waals surface area contributed by atoms with Gasteiger partial charge in [0, 0.05) is 46.7 Å². The molecule has 0 aliphatic heterocycles. The Bertz CT molecular complexity index is 1400. The second-order valence-electron chi connectivity index (χ2n) is 7.47.